The van der Waals surface area contributed by atoms with E-state index in [1.165, 1.54) is 167 Å². The average molecular weight is 826 g/mol. The average Bonchev–Trinajstić information content (AvgIpc) is 3.16. The van der Waals surface area contributed by atoms with Crippen molar-refractivity contribution in [1.29, 1.82) is 0 Å². The van der Waals surface area contributed by atoms with E-state index in [2.05, 4.69) is 25.8 Å². The summed E-state index contributed by atoms with van der Waals surface area (Å²) < 4.78 is 12.3. The number of rotatable bonds is 45. The first-order chi connectivity index (χ1) is 28.0. The summed E-state index contributed by atoms with van der Waals surface area (Å²) in [4.78, 5) is 27.8. The summed E-state index contributed by atoms with van der Waals surface area (Å²) in [6.45, 7) is 13.8. The molecule has 58 heavy (non-hydrogen) atoms. The van der Waals surface area contributed by atoms with Crippen LogP contribution in [0.3, 0.4) is 0 Å². The standard InChI is InChI=1S/C50H101N2O6/c1-7-9-11-13-15-17-19-21-23-25-27-29-31-33-35-37-49(55)57-47(4)43-51(39-40-52(6,41-42-53)45-46(3)54)44-48(5)58-50(56)38-36-34-32-30-28-26-24-22-20-18-16-14-12-10-8-2/h46-48,53-54H,7-45H2,1-6H3/q+1. The third-order valence-electron chi connectivity index (χ3n) is 12.0. The van der Waals surface area contributed by atoms with E-state index in [0.717, 1.165) is 25.7 Å². The third kappa shape index (κ3) is 38.9. The number of likely N-dealkylation sites (N-methyl/N-ethyl adjacent to an activating group) is 1. The number of esters is 2. The molecule has 0 amide bonds. The Morgan fingerprint density at radius 1 is 0.500 bits per heavy atom. The van der Waals surface area contributed by atoms with Gasteiger partial charge in [0.05, 0.1) is 20.2 Å². The maximum Gasteiger partial charge on any atom is 0.306 e. The molecular formula is C50H101N2O6+. The number of carbonyl (C=O) groups excluding carboxylic acids is 2. The molecule has 0 saturated heterocycles. The topological polar surface area (TPSA) is 96.3 Å². The van der Waals surface area contributed by atoms with Crippen molar-refractivity contribution in [3.05, 3.63) is 0 Å². The van der Waals surface area contributed by atoms with Crippen molar-refractivity contribution < 1.29 is 33.8 Å². The zero-order valence-electron chi connectivity index (χ0n) is 39.7. The lowest BCUT2D eigenvalue weighted by Crippen LogP contribution is -2.54. The van der Waals surface area contributed by atoms with Crippen LogP contribution in [0.4, 0.5) is 0 Å². The summed E-state index contributed by atoms with van der Waals surface area (Å²) in [5, 5.41) is 19.9. The van der Waals surface area contributed by atoms with E-state index in [1.54, 1.807) is 6.92 Å². The van der Waals surface area contributed by atoms with Gasteiger partial charge in [-0.05, 0) is 33.6 Å². The Bertz CT molecular complexity index is 847. The molecule has 0 aliphatic carbocycles. The SMILES string of the molecule is CCCCCCCCCCCCCCCCCC(=O)OC(C)CN(CC[N+](C)(CCO)CC(C)O)CC(C)OC(=O)CCCCCCCCCCCCCCCCC. The number of unbranched alkanes of at least 4 members (excludes halogenated alkanes) is 28. The van der Waals surface area contributed by atoms with Gasteiger partial charge in [-0.3, -0.25) is 14.5 Å². The van der Waals surface area contributed by atoms with Crippen molar-refractivity contribution >= 4 is 11.9 Å². The second kappa shape index (κ2) is 41.1. The number of ether oxygens (including phenoxy) is 2. The van der Waals surface area contributed by atoms with E-state index in [1.807, 2.05) is 13.8 Å². The molecule has 0 saturated carbocycles. The van der Waals surface area contributed by atoms with Crippen molar-refractivity contribution in [3.63, 3.8) is 0 Å². The molecule has 0 rings (SSSR count). The fraction of sp³-hybridized carbons (Fsp3) is 0.960. The predicted molar refractivity (Wildman–Crippen MR) is 246 cm³/mol. The first-order valence-electron chi connectivity index (χ1n) is 25.3. The quantitative estimate of drug-likeness (QED) is 0.0359. The fourth-order valence-electron chi connectivity index (χ4n) is 8.46. The second-order valence-electron chi connectivity index (χ2n) is 18.6. The Balaban J connectivity index is 4.47. The Kier molecular flexibility index (Phi) is 40.3. The predicted octanol–water partition coefficient (Wildman–Crippen LogP) is 12.5. The molecule has 0 aliphatic rings. The van der Waals surface area contributed by atoms with E-state index in [-0.39, 0.29) is 30.8 Å². The van der Waals surface area contributed by atoms with Crippen LogP contribution in [0.2, 0.25) is 0 Å². The highest BCUT2D eigenvalue weighted by molar-refractivity contribution is 5.69. The molecule has 0 aromatic carbocycles. The van der Waals surface area contributed by atoms with E-state index >= 15 is 0 Å². The number of nitrogens with zero attached hydrogens (tertiary/aromatic N) is 2. The first kappa shape index (κ1) is 56.8. The highest BCUT2D eigenvalue weighted by Crippen LogP contribution is 2.16. The zero-order chi connectivity index (χ0) is 43.0. The van der Waals surface area contributed by atoms with Crippen LogP contribution in [0.5, 0.6) is 0 Å². The highest BCUT2D eigenvalue weighted by atomic mass is 16.5. The van der Waals surface area contributed by atoms with Gasteiger partial charge >= 0.3 is 11.9 Å². The van der Waals surface area contributed by atoms with E-state index in [9.17, 15) is 19.8 Å². The monoisotopic (exact) mass is 826 g/mol. The maximum atomic E-state index is 12.8. The summed E-state index contributed by atoms with van der Waals surface area (Å²) in [7, 11) is 2.06. The van der Waals surface area contributed by atoms with Gasteiger partial charge < -0.3 is 24.2 Å². The maximum absolute atomic E-state index is 12.8. The minimum atomic E-state index is -0.482. The summed E-state index contributed by atoms with van der Waals surface area (Å²) in [6.07, 6.45) is 38.8. The molecular weight excluding hydrogens is 725 g/mol. The van der Waals surface area contributed by atoms with Crippen LogP contribution in [-0.2, 0) is 19.1 Å². The summed E-state index contributed by atoms with van der Waals surface area (Å²) in [5.74, 6) is -0.278. The Labute approximate surface area is 360 Å². The van der Waals surface area contributed by atoms with E-state index in [4.69, 9.17) is 9.47 Å². The summed E-state index contributed by atoms with van der Waals surface area (Å²) >= 11 is 0. The van der Waals surface area contributed by atoms with Gasteiger partial charge in [0.15, 0.2) is 0 Å². The number of hydrogen-bond donors (Lipinski definition) is 2. The normalized spacial score (nSPS) is 14.4. The molecule has 346 valence electrons. The van der Waals surface area contributed by atoms with Crippen LogP contribution < -0.4 is 0 Å². The molecule has 8 heteroatoms. The van der Waals surface area contributed by atoms with Gasteiger partial charge in [-0.1, -0.05) is 194 Å². The Morgan fingerprint density at radius 3 is 1.07 bits per heavy atom. The number of aliphatic hydroxyl groups excluding tert-OH is 2. The fourth-order valence-corrected chi connectivity index (χ4v) is 8.46. The van der Waals surface area contributed by atoms with Crippen molar-refractivity contribution in [1.82, 2.24) is 4.90 Å². The molecule has 0 bridgehead atoms. The number of quaternary nitrogens is 1. The molecule has 0 aliphatic heterocycles. The van der Waals surface area contributed by atoms with Gasteiger partial charge in [-0.15, -0.1) is 0 Å². The zero-order valence-corrected chi connectivity index (χ0v) is 39.7. The number of hydrogen-bond acceptors (Lipinski definition) is 7. The van der Waals surface area contributed by atoms with Gasteiger partial charge in [0.1, 0.15) is 31.4 Å². The number of aliphatic hydroxyl groups is 2. The van der Waals surface area contributed by atoms with Crippen molar-refractivity contribution in [2.75, 3.05) is 52.9 Å². The molecule has 0 radical (unpaired) electrons. The third-order valence-corrected chi connectivity index (χ3v) is 12.0. The van der Waals surface area contributed by atoms with Gasteiger partial charge in [0.2, 0.25) is 0 Å². The minimum Gasteiger partial charge on any atom is -0.461 e. The van der Waals surface area contributed by atoms with E-state index in [0.29, 0.717) is 56.6 Å². The first-order valence-corrected chi connectivity index (χ1v) is 25.3. The highest BCUT2D eigenvalue weighted by Gasteiger charge is 2.26. The van der Waals surface area contributed by atoms with Crippen LogP contribution in [-0.4, -0.2) is 103 Å². The van der Waals surface area contributed by atoms with Gasteiger partial charge in [0, 0.05) is 32.5 Å². The molecule has 0 aromatic rings. The lowest BCUT2D eigenvalue weighted by molar-refractivity contribution is -0.912. The van der Waals surface area contributed by atoms with Crippen molar-refractivity contribution in [3.8, 4) is 0 Å². The van der Waals surface area contributed by atoms with Crippen LogP contribution in [0, 0.1) is 0 Å². The van der Waals surface area contributed by atoms with Crippen molar-refractivity contribution in [2.45, 2.75) is 258 Å². The molecule has 8 nitrogen and oxygen atoms in total. The second-order valence-corrected chi connectivity index (χ2v) is 18.6. The van der Waals surface area contributed by atoms with E-state index < -0.39 is 6.10 Å². The molecule has 0 spiro atoms. The number of carbonyl (C=O) groups is 2. The molecule has 0 heterocycles. The van der Waals surface area contributed by atoms with Crippen LogP contribution >= 0.6 is 0 Å². The van der Waals surface area contributed by atoms with Crippen LogP contribution in [0.1, 0.15) is 240 Å². The lowest BCUT2D eigenvalue weighted by Gasteiger charge is -2.37. The Morgan fingerprint density at radius 2 is 0.793 bits per heavy atom. The van der Waals surface area contributed by atoms with Crippen molar-refractivity contribution in [2.24, 2.45) is 0 Å². The van der Waals surface area contributed by atoms with Gasteiger partial charge in [-0.2, -0.15) is 0 Å². The summed E-state index contributed by atoms with van der Waals surface area (Å²) in [5.41, 5.74) is 0. The van der Waals surface area contributed by atoms with Gasteiger partial charge in [-0.25, -0.2) is 0 Å². The smallest absolute Gasteiger partial charge is 0.306 e. The molecule has 0 aromatic heterocycles. The Hall–Kier alpha value is -1.22. The molecule has 4 atom stereocenters. The van der Waals surface area contributed by atoms with Crippen LogP contribution in [0.15, 0.2) is 0 Å². The molecule has 0 fully saturated rings. The molecule has 4 unspecified atom stereocenters. The van der Waals surface area contributed by atoms with Crippen LogP contribution in [0.25, 0.3) is 0 Å². The lowest BCUT2D eigenvalue weighted by atomic mass is 10.0. The summed E-state index contributed by atoms with van der Waals surface area (Å²) in [6, 6.07) is 0. The largest absolute Gasteiger partial charge is 0.461 e. The minimum absolute atomic E-state index is 0.0455. The van der Waals surface area contributed by atoms with Gasteiger partial charge in [0.25, 0.3) is 0 Å². The molecule has 2 N–H and O–H groups in total.